The van der Waals surface area contributed by atoms with Crippen LogP contribution in [0.1, 0.15) is 13.3 Å². The second kappa shape index (κ2) is 3.19. The fraction of sp³-hybridized carbons (Fsp3) is 0.857. The van der Waals surface area contributed by atoms with Gasteiger partial charge in [-0.1, -0.05) is 6.92 Å². The van der Waals surface area contributed by atoms with Gasteiger partial charge >= 0.3 is 5.97 Å². The maximum atomic E-state index is 10.5. The summed E-state index contributed by atoms with van der Waals surface area (Å²) in [5, 5.41) is 20.7. The Kier molecular flexibility index (Phi) is 2.46. The van der Waals surface area contributed by atoms with E-state index in [1.54, 1.807) is 0 Å². The molecule has 0 saturated carbocycles. The third-order valence-corrected chi connectivity index (χ3v) is 2.15. The number of aliphatic hydroxyl groups excluding tert-OH is 1. The molecule has 1 rings (SSSR count). The Balaban J connectivity index is 2.58. The molecule has 1 unspecified atom stereocenters. The summed E-state index contributed by atoms with van der Waals surface area (Å²) in [6, 6.07) is -0.779. The molecule has 0 aliphatic carbocycles. The first-order chi connectivity index (χ1) is 5.13. The largest absolute Gasteiger partial charge is 0.480 e. The summed E-state index contributed by atoms with van der Waals surface area (Å²) in [5.74, 6) is -0.888. The SMILES string of the molecule is C[C@@H]1CCN[C@H](C(=O)O)C1O. The predicted octanol–water partition coefficient (Wildman–Crippen LogP) is -0.570. The van der Waals surface area contributed by atoms with Crippen LogP contribution in [0.5, 0.6) is 0 Å². The smallest absolute Gasteiger partial charge is 0.323 e. The Bertz CT molecular complexity index is 160. The molecule has 0 spiro atoms. The highest BCUT2D eigenvalue weighted by Gasteiger charge is 2.33. The van der Waals surface area contributed by atoms with Crippen molar-refractivity contribution in [3.63, 3.8) is 0 Å². The van der Waals surface area contributed by atoms with Crippen LogP contribution >= 0.6 is 0 Å². The average molecular weight is 159 g/mol. The van der Waals surface area contributed by atoms with E-state index >= 15 is 0 Å². The molecule has 0 aromatic heterocycles. The maximum absolute atomic E-state index is 10.5. The zero-order chi connectivity index (χ0) is 8.43. The zero-order valence-corrected chi connectivity index (χ0v) is 6.45. The summed E-state index contributed by atoms with van der Waals surface area (Å²) in [6.07, 6.45) is 0.0894. The minimum atomic E-state index is -0.968. The minimum Gasteiger partial charge on any atom is -0.480 e. The Morgan fingerprint density at radius 1 is 1.64 bits per heavy atom. The molecule has 0 bridgehead atoms. The van der Waals surface area contributed by atoms with Gasteiger partial charge in [-0.15, -0.1) is 0 Å². The van der Waals surface area contributed by atoms with E-state index in [-0.39, 0.29) is 5.92 Å². The standard InChI is InChI=1S/C7H13NO3/c1-4-2-3-8-5(6(4)9)7(10)11/h4-6,8-9H,2-3H2,1H3,(H,10,11)/t4-,5+,6?/m1/s1. The number of nitrogens with one attached hydrogen (secondary N) is 1. The van der Waals surface area contributed by atoms with Crippen LogP contribution in [0.3, 0.4) is 0 Å². The molecule has 1 aliphatic heterocycles. The number of carboxylic acids is 1. The minimum absolute atomic E-state index is 0.0809. The van der Waals surface area contributed by atoms with E-state index in [0.29, 0.717) is 6.54 Å². The Morgan fingerprint density at radius 3 is 2.73 bits per heavy atom. The zero-order valence-electron chi connectivity index (χ0n) is 6.45. The summed E-state index contributed by atoms with van der Waals surface area (Å²) in [6.45, 7) is 2.54. The normalized spacial score (nSPS) is 38.5. The second-order valence-corrected chi connectivity index (χ2v) is 3.03. The number of rotatable bonds is 1. The Morgan fingerprint density at radius 2 is 2.27 bits per heavy atom. The lowest BCUT2D eigenvalue weighted by Crippen LogP contribution is -2.53. The number of aliphatic carboxylic acids is 1. The monoisotopic (exact) mass is 159 g/mol. The summed E-state index contributed by atoms with van der Waals surface area (Å²) in [4.78, 5) is 10.5. The van der Waals surface area contributed by atoms with E-state index in [1.165, 1.54) is 0 Å². The van der Waals surface area contributed by atoms with Gasteiger partial charge in [-0.3, -0.25) is 4.79 Å². The van der Waals surface area contributed by atoms with Gasteiger partial charge in [0.2, 0.25) is 0 Å². The molecule has 4 heteroatoms. The number of piperidine rings is 1. The number of hydrogen-bond donors (Lipinski definition) is 3. The van der Waals surface area contributed by atoms with Crippen LogP contribution < -0.4 is 5.32 Å². The lowest BCUT2D eigenvalue weighted by atomic mass is 9.91. The van der Waals surface area contributed by atoms with Crippen molar-refractivity contribution in [2.75, 3.05) is 6.54 Å². The van der Waals surface area contributed by atoms with Crippen molar-refractivity contribution in [1.82, 2.24) is 5.32 Å². The van der Waals surface area contributed by atoms with Crippen molar-refractivity contribution in [3.05, 3.63) is 0 Å². The van der Waals surface area contributed by atoms with E-state index in [9.17, 15) is 9.90 Å². The van der Waals surface area contributed by atoms with Crippen LogP contribution in [0.25, 0.3) is 0 Å². The van der Waals surface area contributed by atoms with Gasteiger partial charge in [0, 0.05) is 0 Å². The van der Waals surface area contributed by atoms with Gasteiger partial charge in [-0.25, -0.2) is 0 Å². The summed E-state index contributed by atoms with van der Waals surface area (Å²) in [5.41, 5.74) is 0. The first-order valence-electron chi connectivity index (χ1n) is 3.77. The predicted molar refractivity (Wildman–Crippen MR) is 39.2 cm³/mol. The molecular weight excluding hydrogens is 146 g/mol. The van der Waals surface area contributed by atoms with Crippen LogP contribution in [0.4, 0.5) is 0 Å². The number of carbonyl (C=O) groups is 1. The molecule has 0 amide bonds. The van der Waals surface area contributed by atoms with E-state index in [2.05, 4.69) is 5.32 Å². The highest BCUT2D eigenvalue weighted by molar-refractivity contribution is 5.74. The summed E-state index contributed by atoms with van der Waals surface area (Å²) >= 11 is 0. The average Bonchev–Trinajstić information content (AvgIpc) is 1.94. The first kappa shape index (κ1) is 8.49. The van der Waals surface area contributed by atoms with Crippen LogP contribution in [0.15, 0.2) is 0 Å². The van der Waals surface area contributed by atoms with Crippen LogP contribution in [-0.2, 0) is 4.79 Å². The molecule has 1 fully saturated rings. The van der Waals surface area contributed by atoms with Crippen molar-refractivity contribution in [2.45, 2.75) is 25.5 Å². The first-order valence-corrected chi connectivity index (χ1v) is 3.77. The molecule has 0 aromatic rings. The van der Waals surface area contributed by atoms with Gasteiger partial charge in [0.25, 0.3) is 0 Å². The van der Waals surface area contributed by atoms with E-state index in [1.807, 2.05) is 6.92 Å². The lowest BCUT2D eigenvalue weighted by Gasteiger charge is -2.30. The van der Waals surface area contributed by atoms with Crippen LogP contribution in [0.2, 0.25) is 0 Å². The van der Waals surface area contributed by atoms with Crippen LogP contribution in [-0.4, -0.2) is 34.9 Å². The second-order valence-electron chi connectivity index (χ2n) is 3.03. The Hall–Kier alpha value is -0.610. The molecule has 1 saturated heterocycles. The molecule has 64 valence electrons. The number of hydrogen-bond acceptors (Lipinski definition) is 3. The molecule has 0 aromatic carbocycles. The molecule has 11 heavy (non-hydrogen) atoms. The molecule has 0 radical (unpaired) electrons. The topological polar surface area (TPSA) is 69.6 Å². The van der Waals surface area contributed by atoms with Crippen molar-refractivity contribution in [2.24, 2.45) is 5.92 Å². The fourth-order valence-corrected chi connectivity index (χ4v) is 1.32. The van der Waals surface area contributed by atoms with E-state index < -0.39 is 18.1 Å². The van der Waals surface area contributed by atoms with Gasteiger partial charge in [-0.05, 0) is 18.9 Å². The molecule has 4 nitrogen and oxygen atoms in total. The van der Waals surface area contributed by atoms with Crippen molar-refractivity contribution in [1.29, 1.82) is 0 Å². The van der Waals surface area contributed by atoms with Crippen LogP contribution in [0, 0.1) is 5.92 Å². The van der Waals surface area contributed by atoms with Gasteiger partial charge in [0.1, 0.15) is 6.04 Å². The fourth-order valence-electron chi connectivity index (χ4n) is 1.32. The van der Waals surface area contributed by atoms with Gasteiger partial charge in [0.05, 0.1) is 6.10 Å². The Labute approximate surface area is 65.2 Å². The lowest BCUT2D eigenvalue weighted by molar-refractivity contribution is -0.144. The van der Waals surface area contributed by atoms with Gasteiger partial charge in [0.15, 0.2) is 0 Å². The molecular formula is C7H13NO3. The van der Waals surface area contributed by atoms with Crippen molar-refractivity contribution in [3.8, 4) is 0 Å². The third kappa shape index (κ3) is 1.70. The number of aliphatic hydroxyl groups is 1. The highest BCUT2D eigenvalue weighted by Crippen LogP contribution is 2.15. The molecule has 3 N–H and O–H groups in total. The highest BCUT2D eigenvalue weighted by atomic mass is 16.4. The van der Waals surface area contributed by atoms with Gasteiger partial charge in [-0.2, -0.15) is 0 Å². The van der Waals surface area contributed by atoms with Crippen molar-refractivity contribution < 1.29 is 15.0 Å². The number of carboxylic acid groups (broad SMARTS) is 1. The molecule has 1 aliphatic rings. The molecule has 1 heterocycles. The summed E-state index contributed by atoms with van der Waals surface area (Å²) < 4.78 is 0. The summed E-state index contributed by atoms with van der Waals surface area (Å²) in [7, 11) is 0. The molecule has 3 atom stereocenters. The van der Waals surface area contributed by atoms with E-state index in [0.717, 1.165) is 6.42 Å². The quantitative estimate of drug-likeness (QED) is 0.479. The third-order valence-electron chi connectivity index (χ3n) is 2.15. The maximum Gasteiger partial charge on any atom is 0.323 e. The van der Waals surface area contributed by atoms with Gasteiger partial charge < -0.3 is 15.5 Å². The van der Waals surface area contributed by atoms with Crippen molar-refractivity contribution >= 4 is 5.97 Å². The van der Waals surface area contributed by atoms with E-state index in [4.69, 9.17) is 5.11 Å².